The first-order valence-corrected chi connectivity index (χ1v) is 6.55. The van der Waals surface area contributed by atoms with Crippen LogP contribution in [0.2, 0.25) is 5.02 Å². The average molecular weight is 283 g/mol. The summed E-state index contributed by atoms with van der Waals surface area (Å²) in [4.78, 5) is 23.3. The van der Waals surface area contributed by atoms with E-state index in [1.165, 1.54) is 6.07 Å². The van der Waals surface area contributed by atoms with Crippen LogP contribution in [0.25, 0.3) is 0 Å². The lowest BCUT2D eigenvalue weighted by Gasteiger charge is -2.33. The van der Waals surface area contributed by atoms with Crippen molar-refractivity contribution in [3.05, 3.63) is 32.8 Å². The Hall–Kier alpha value is -1.62. The van der Waals surface area contributed by atoms with E-state index < -0.39 is 4.92 Å². The van der Waals surface area contributed by atoms with Gasteiger partial charge in [-0.3, -0.25) is 10.1 Å². The van der Waals surface area contributed by atoms with Crippen molar-refractivity contribution in [3.63, 3.8) is 0 Å². The molecule has 0 bridgehead atoms. The van der Waals surface area contributed by atoms with Crippen molar-refractivity contribution >= 4 is 29.3 Å². The van der Waals surface area contributed by atoms with Gasteiger partial charge in [-0.25, -0.2) is 0 Å². The lowest BCUT2D eigenvalue weighted by Crippen LogP contribution is -2.36. The van der Waals surface area contributed by atoms with E-state index in [4.69, 9.17) is 11.6 Å². The third-order valence-electron chi connectivity index (χ3n) is 3.45. The van der Waals surface area contributed by atoms with Gasteiger partial charge in [0.15, 0.2) is 0 Å². The van der Waals surface area contributed by atoms with Gasteiger partial charge in [0.2, 0.25) is 0 Å². The van der Waals surface area contributed by atoms with Gasteiger partial charge in [-0.1, -0.05) is 11.6 Å². The summed E-state index contributed by atoms with van der Waals surface area (Å²) in [6, 6.07) is 3.12. The van der Waals surface area contributed by atoms with Gasteiger partial charge in [-0.2, -0.15) is 0 Å². The Labute approximate surface area is 116 Å². The Morgan fingerprint density at radius 2 is 2.26 bits per heavy atom. The molecule has 1 aromatic carbocycles. The zero-order valence-corrected chi connectivity index (χ0v) is 11.4. The Balaban J connectivity index is 2.32. The van der Waals surface area contributed by atoms with E-state index in [-0.39, 0.29) is 16.6 Å². The second kappa shape index (κ2) is 5.57. The van der Waals surface area contributed by atoms with Crippen LogP contribution >= 0.6 is 11.6 Å². The molecule has 1 unspecified atom stereocenters. The molecule has 19 heavy (non-hydrogen) atoms. The van der Waals surface area contributed by atoms with Crippen molar-refractivity contribution in [2.75, 3.05) is 18.0 Å². The van der Waals surface area contributed by atoms with Crippen molar-refractivity contribution in [2.24, 2.45) is 5.92 Å². The second-order valence-corrected chi connectivity index (χ2v) is 5.24. The fourth-order valence-corrected chi connectivity index (χ4v) is 2.70. The minimum absolute atomic E-state index is 0.0297. The molecule has 0 spiro atoms. The van der Waals surface area contributed by atoms with E-state index >= 15 is 0 Å². The van der Waals surface area contributed by atoms with Gasteiger partial charge in [0.25, 0.3) is 5.69 Å². The van der Waals surface area contributed by atoms with Crippen LogP contribution in [0, 0.1) is 23.0 Å². The smallest absolute Gasteiger partial charge is 0.288 e. The topological polar surface area (TPSA) is 63.5 Å². The predicted octanol–water partition coefficient (Wildman–Crippen LogP) is 2.97. The predicted molar refractivity (Wildman–Crippen MR) is 73.8 cm³/mol. The number of carbonyl (C=O) groups is 1. The summed E-state index contributed by atoms with van der Waals surface area (Å²) in [5, 5.41) is 11.0. The molecule has 0 aliphatic carbocycles. The molecule has 6 heteroatoms. The lowest BCUT2D eigenvalue weighted by atomic mass is 9.98. The highest BCUT2D eigenvalue weighted by Gasteiger charge is 2.23. The summed E-state index contributed by atoms with van der Waals surface area (Å²) in [7, 11) is 0. The molecule has 1 saturated heterocycles. The summed E-state index contributed by atoms with van der Waals surface area (Å²) in [5.74, 6) is 0.0297. The van der Waals surface area contributed by atoms with Gasteiger partial charge >= 0.3 is 0 Å². The summed E-state index contributed by atoms with van der Waals surface area (Å²) in [6.07, 6.45) is 2.83. The number of hydrogen-bond donors (Lipinski definition) is 0. The third-order valence-corrected chi connectivity index (χ3v) is 3.76. The molecule has 2 rings (SSSR count). The molecule has 0 N–H and O–H groups in total. The van der Waals surface area contributed by atoms with Gasteiger partial charge in [-0.15, -0.1) is 0 Å². The molecule has 0 aromatic heterocycles. The Bertz CT molecular complexity index is 519. The van der Waals surface area contributed by atoms with Gasteiger partial charge < -0.3 is 9.69 Å². The van der Waals surface area contributed by atoms with E-state index in [0.29, 0.717) is 6.54 Å². The fourth-order valence-electron chi connectivity index (χ4n) is 2.48. The number of benzene rings is 1. The van der Waals surface area contributed by atoms with Crippen LogP contribution in [-0.4, -0.2) is 24.3 Å². The maximum absolute atomic E-state index is 10.9. The van der Waals surface area contributed by atoms with E-state index in [0.717, 1.165) is 36.9 Å². The maximum atomic E-state index is 10.9. The van der Waals surface area contributed by atoms with Crippen molar-refractivity contribution in [1.82, 2.24) is 0 Å². The van der Waals surface area contributed by atoms with Crippen LogP contribution in [0.3, 0.4) is 0 Å². The first kappa shape index (κ1) is 13.8. The molecular weight excluding hydrogens is 268 g/mol. The van der Waals surface area contributed by atoms with Crippen LogP contribution in [0.4, 0.5) is 11.4 Å². The lowest BCUT2D eigenvalue weighted by molar-refractivity contribution is -0.384. The zero-order valence-electron chi connectivity index (χ0n) is 10.6. The number of hydrogen-bond acceptors (Lipinski definition) is 4. The highest BCUT2D eigenvalue weighted by molar-refractivity contribution is 6.33. The minimum atomic E-state index is -0.483. The number of nitrogens with zero attached hydrogens (tertiary/aromatic N) is 2. The van der Waals surface area contributed by atoms with E-state index in [9.17, 15) is 14.9 Å². The second-order valence-electron chi connectivity index (χ2n) is 4.83. The van der Waals surface area contributed by atoms with Crippen molar-refractivity contribution in [3.8, 4) is 0 Å². The Morgan fingerprint density at radius 3 is 2.89 bits per heavy atom. The molecule has 1 aromatic rings. The van der Waals surface area contributed by atoms with Gasteiger partial charge in [0, 0.05) is 30.8 Å². The standard InChI is InChI=1S/C13H15ClN2O3/c1-9-5-13(16(18)19)11(14)6-12(9)15-4-2-3-10(7-15)8-17/h5-6,8,10H,2-4,7H2,1H3. The van der Waals surface area contributed by atoms with Crippen LogP contribution in [0.15, 0.2) is 12.1 Å². The largest absolute Gasteiger partial charge is 0.371 e. The molecular formula is C13H15ClN2O3. The number of piperidine rings is 1. The summed E-state index contributed by atoms with van der Waals surface area (Å²) < 4.78 is 0. The fraction of sp³-hybridized carbons (Fsp3) is 0.462. The Morgan fingerprint density at radius 1 is 1.53 bits per heavy atom. The van der Waals surface area contributed by atoms with Crippen LogP contribution in [0.5, 0.6) is 0 Å². The first-order valence-electron chi connectivity index (χ1n) is 6.17. The highest BCUT2D eigenvalue weighted by atomic mass is 35.5. The number of rotatable bonds is 3. The summed E-state index contributed by atoms with van der Waals surface area (Å²) >= 11 is 5.95. The SMILES string of the molecule is Cc1cc([N+](=O)[O-])c(Cl)cc1N1CCCC(C=O)C1. The van der Waals surface area contributed by atoms with Gasteiger partial charge in [0.05, 0.1) is 4.92 Å². The monoisotopic (exact) mass is 282 g/mol. The third kappa shape index (κ3) is 2.87. The number of aryl methyl sites for hydroxylation is 1. The van der Waals surface area contributed by atoms with Crippen molar-refractivity contribution in [2.45, 2.75) is 19.8 Å². The van der Waals surface area contributed by atoms with E-state index in [1.807, 2.05) is 6.92 Å². The van der Waals surface area contributed by atoms with Crippen LogP contribution < -0.4 is 4.90 Å². The molecule has 1 aliphatic heterocycles. The van der Waals surface area contributed by atoms with Crippen LogP contribution in [0.1, 0.15) is 18.4 Å². The normalized spacial score (nSPS) is 19.3. The molecule has 102 valence electrons. The first-order chi connectivity index (χ1) is 9.02. The highest BCUT2D eigenvalue weighted by Crippen LogP contribution is 2.34. The van der Waals surface area contributed by atoms with E-state index in [2.05, 4.69) is 4.90 Å². The molecule has 1 fully saturated rings. The molecule has 1 heterocycles. The molecule has 5 nitrogen and oxygen atoms in total. The zero-order chi connectivity index (χ0) is 14.0. The van der Waals surface area contributed by atoms with Crippen molar-refractivity contribution in [1.29, 1.82) is 0 Å². The van der Waals surface area contributed by atoms with Gasteiger partial charge in [0.1, 0.15) is 11.3 Å². The molecule has 0 radical (unpaired) electrons. The minimum Gasteiger partial charge on any atom is -0.371 e. The van der Waals surface area contributed by atoms with Crippen molar-refractivity contribution < 1.29 is 9.72 Å². The maximum Gasteiger partial charge on any atom is 0.288 e. The summed E-state index contributed by atoms with van der Waals surface area (Å²) in [6.45, 7) is 3.32. The molecule has 0 amide bonds. The van der Waals surface area contributed by atoms with Crippen LogP contribution in [-0.2, 0) is 4.79 Å². The molecule has 0 saturated carbocycles. The quantitative estimate of drug-likeness (QED) is 0.486. The van der Waals surface area contributed by atoms with Gasteiger partial charge in [-0.05, 0) is 31.4 Å². The molecule has 1 atom stereocenters. The average Bonchev–Trinajstić information content (AvgIpc) is 2.40. The summed E-state index contributed by atoms with van der Waals surface area (Å²) in [5.41, 5.74) is 1.61. The number of anilines is 1. The number of nitro benzene ring substituents is 1. The number of nitro groups is 1. The number of halogens is 1. The molecule has 1 aliphatic rings. The number of carbonyl (C=O) groups excluding carboxylic acids is 1. The number of aldehydes is 1. The van der Waals surface area contributed by atoms with E-state index in [1.54, 1.807) is 6.07 Å². The Kier molecular flexibility index (Phi) is 4.04.